The summed E-state index contributed by atoms with van der Waals surface area (Å²) in [5, 5.41) is 8.57. The van der Waals surface area contributed by atoms with Gasteiger partial charge < -0.3 is 0 Å². The predicted molar refractivity (Wildman–Crippen MR) is 64.0 cm³/mol. The topological polar surface area (TPSA) is 36.7 Å². The zero-order valence-electron chi connectivity index (χ0n) is 10.1. The minimum absolute atomic E-state index is 0.0634. The average molecular weight is 280 g/mol. The van der Waals surface area contributed by atoms with Gasteiger partial charge in [-0.15, -0.1) is 0 Å². The first-order valence-corrected chi connectivity index (χ1v) is 5.61. The molecule has 0 saturated carbocycles. The van der Waals surface area contributed by atoms with Gasteiger partial charge in [0.25, 0.3) is 0 Å². The Bertz CT molecular complexity index is 654. The molecule has 1 aromatic heterocycles. The number of hydrogen-bond donors (Lipinski definition) is 0. The first-order chi connectivity index (χ1) is 9.43. The van der Waals surface area contributed by atoms with E-state index in [2.05, 4.69) is 4.98 Å². The molecule has 6 heteroatoms. The molecule has 0 N–H and O–H groups in total. The molecule has 0 atom stereocenters. The molecule has 0 fully saturated rings. The van der Waals surface area contributed by atoms with Gasteiger partial charge in [-0.25, -0.2) is 4.39 Å². The Morgan fingerprint density at radius 3 is 2.30 bits per heavy atom. The van der Waals surface area contributed by atoms with Crippen molar-refractivity contribution in [2.24, 2.45) is 0 Å². The highest BCUT2D eigenvalue weighted by molar-refractivity contribution is 5.61. The number of nitriles is 1. The van der Waals surface area contributed by atoms with Crippen LogP contribution in [-0.2, 0) is 12.6 Å². The molecule has 0 spiro atoms. The Kier molecular flexibility index (Phi) is 3.70. The van der Waals surface area contributed by atoms with Crippen molar-refractivity contribution in [3.05, 3.63) is 53.5 Å². The van der Waals surface area contributed by atoms with E-state index < -0.39 is 17.6 Å². The lowest BCUT2D eigenvalue weighted by Gasteiger charge is -2.08. The molecule has 20 heavy (non-hydrogen) atoms. The van der Waals surface area contributed by atoms with Crippen LogP contribution in [0.4, 0.5) is 17.6 Å². The van der Waals surface area contributed by atoms with Crippen LogP contribution in [0.3, 0.4) is 0 Å². The lowest BCUT2D eigenvalue weighted by Crippen LogP contribution is -2.04. The maximum Gasteiger partial charge on any atom is 0.416 e. The SMILES string of the molecule is N#CCc1ccnc(-c2ccc(C(F)(F)F)cc2)c1F. The molecule has 2 aromatic rings. The van der Waals surface area contributed by atoms with E-state index in [9.17, 15) is 17.6 Å². The molecule has 0 bridgehead atoms. The fourth-order valence-electron chi connectivity index (χ4n) is 1.72. The van der Waals surface area contributed by atoms with Gasteiger partial charge in [-0.1, -0.05) is 12.1 Å². The van der Waals surface area contributed by atoms with Gasteiger partial charge in [-0.3, -0.25) is 4.98 Å². The van der Waals surface area contributed by atoms with Gasteiger partial charge in [0.2, 0.25) is 0 Å². The molecule has 0 aliphatic rings. The summed E-state index contributed by atoms with van der Waals surface area (Å²) in [4.78, 5) is 3.82. The summed E-state index contributed by atoms with van der Waals surface area (Å²) in [5.41, 5.74) is -0.478. The third kappa shape index (κ3) is 2.77. The van der Waals surface area contributed by atoms with Gasteiger partial charge in [0.15, 0.2) is 5.82 Å². The molecule has 0 saturated heterocycles. The van der Waals surface area contributed by atoms with Gasteiger partial charge in [0, 0.05) is 17.3 Å². The summed E-state index contributed by atoms with van der Waals surface area (Å²) in [6.45, 7) is 0. The van der Waals surface area contributed by atoms with E-state index in [-0.39, 0.29) is 23.2 Å². The lowest BCUT2D eigenvalue weighted by atomic mass is 10.0. The van der Waals surface area contributed by atoms with Crippen LogP contribution in [0.2, 0.25) is 0 Å². The van der Waals surface area contributed by atoms with Crippen LogP contribution in [0.5, 0.6) is 0 Å². The van der Waals surface area contributed by atoms with Gasteiger partial charge in [0.05, 0.1) is 18.1 Å². The molecule has 1 heterocycles. The summed E-state index contributed by atoms with van der Waals surface area (Å²) in [6.07, 6.45) is -3.24. The maximum atomic E-state index is 14.0. The van der Waals surface area contributed by atoms with Gasteiger partial charge >= 0.3 is 6.18 Å². The van der Waals surface area contributed by atoms with E-state index in [1.54, 1.807) is 0 Å². The van der Waals surface area contributed by atoms with E-state index in [4.69, 9.17) is 5.26 Å². The Labute approximate surface area is 112 Å². The van der Waals surface area contributed by atoms with Crippen LogP contribution < -0.4 is 0 Å². The van der Waals surface area contributed by atoms with Crippen molar-refractivity contribution >= 4 is 0 Å². The molecule has 1 aromatic carbocycles. The maximum absolute atomic E-state index is 14.0. The van der Waals surface area contributed by atoms with Crippen molar-refractivity contribution in [3.63, 3.8) is 0 Å². The molecule has 2 nitrogen and oxygen atoms in total. The van der Waals surface area contributed by atoms with Crippen LogP contribution in [-0.4, -0.2) is 4.98 Å². The van der Waals surface area contributed by atoms with E-state index in [1.807, 2.05) is 6.07 Å². The predicted octanol–water partition coefficient (Wildman–Crippen LogP) is 3.97. The largest absolute Gasteiger partial charge is 0.416 e. The fraction of sp³-hybridized carbons (Fsp3) is 0.143. The summed E-state index contributed by atoms with van der Waals surface area (Å²) in [7, 11) is 0. The fourth-order valence-corrected chi connectivity index (χ4v) is 1.72. The highest BCUT2D eigenvalue weighted by Gasteiger charge is 2.30. The highest BCUT2D eigenvalue weighted by atomic mass is 19.4. The summed E-state index contributed by atoms with van der Waals surface area (Å²) in [6, 6.07) is 7.23. The van der Waals surface area contributed by atoms with E-state index in [0.717, 1.165) is 24.3 Å². The van der Waals surface area contributed by atoms with Crippen molar-refractivity contribution in [3.8, 4) is 17.3 Å². The lowest BCUT2D eigenvalue weighted by molar-refractivity contribution is -0.137. The van der Waals surface area contributed by atoms with E-state index >= 15 is 0 Å². The number of hydrogen-bond acceptors (Lipinski definition) is 2. The number of halogens is 4. The summed E-state index contributed by atoms with van der Waals surface area (Å²) in [5.74, 6) is -0.686. The zero-order valence-corrected chi connectivity index (χ0v) is 10.1. The molecule has 0 unspecified atom stereocenters. The second-order valence-corrected chi connectivity index (χ2v) is 4.04. The molecular weight excluding hydrogens is 272 g/mol. The first kappa shape index (κ1) is 14.0. The van der Waals surface area contributed by atoms with Crippen LogP contribution in [0, 0.1) is 17.1 Å². The van der Waals surface area contributed by atoms with Crippen molar-refractivity contribution in [1.29, 1.82) is 5.26 Å². The van der Waals surface area contributed by atoms with Gasteiger partial charge in [0.1, 0.15) is 5.69 Å². The molecule has 2 rings (SSSR count). The number of alkyl halides is 3. The minimum atomic E-state index is -4.44. The van der Waals surface area contributed by atoms with Crippen LogP contribution in [0.1, 0.15) is 11.1 Å². The quantitative estimate of drug-likeness (QED) is 0.780. The number of pyridine rings is 1. The smallest absolute Gasteiger partial charge is 0.253 e. The molecule has 102 valence electrons. The van der Waals surface area contributed by atoms with Crippen molar-refractivity contribution < 1.29 is 17.6 Å². The molecule has 0 aliphatic heterocycles. The Morgan fingerprint density at radius 1 is 1.10 bits per heavy atom. The second kappa shape index (κ2) is 5.29. The van der Waals surface area contributed by atoms with Crippen LogP contribution >= 0.6 is 0 Å². The first-order valence-electron chi connectivity index (χ1n) is 5.61. The van der Waals surface area contributed by atoms with Gasteiger partial charge in [-0.2, -0.15) is 18.4 Å². The van der Waals surface area contributed by atoms with E-state index in [0.29, 0.717) is 0 Å². The molecule has 0 aliphatic carbocycles. The highest BCUT2D eigenvalue weighted by Crippen LogP contribution is 2.31. The standard InChI is InChI=1S/C14H8F4N2/c15-12-9(5-7-19)6-8-20-13(12)10-1-3-11(4-2-10)14(16,17)18/h1-4,6,8H,5H2. The minimum Gasteiger partial charge on any atom is -0.253 e. The van der Waals surface area contributed by atoms with Crippen molar-refractivity contribution in [2.75, 3.05) is 0 Å². The summed E-state index contributed by atoms with van der Waals surface area (Å²) >= 11 is 0. The monoisotopic (exact) mass is 280 g/mol. The summed E-state index contributed by atoms with van der Waals surface area (Å²) < 4.78 is 51.4. The third-order valence-corrected chi connectivity index (χ3v) is 2.72. The number of aromatic nitrogens is 1. The number of benzene rings is 1. The second-order valence-electron chi connectivity index (χ2n) is 4.04. The zero-order chi connectivity index (χ0) is 14.8. The van der Waals surface area contributed by atoms with E-state index in [1.165, 1.54) is 12.3 Å². The molecular formula is C14H8F4N2. The van der Waals surface area contributed by atoms with Crippen LogP contribution in [0.25, 0.3) is 11.3 Å². The van der Waals surface area contributed by atoms with Crippen molar-refractivity contribution in [1.82, 2.24) is 4.98 Å². The normalized spacial score (nSPS) is 11.2. The number of nitrogens with zero attached hydrogens (tertiary/aromatic N) is 2. The molecule has 0 radical (unpaired) electrons. The van der Waals surface area contributed by atoms with Crippen LogP contribution in [0.15, 0.2) is 36.5 Å². The third-order valence-electron chi connectivity index (χ3n) is 2.72. The Balaban J connectivity index is 2.43. The Hall–Kier alpha value is -2.42. The van der Waals surface area contributed by atoms with Crippen molar-refractivity contribution in [2.45, 2.75) is 12.6 Å². The number of rotatable bonds is 2. The van der Waals surface area contributed by atoms with Gasteiger partial charge in [-0.05, 0) is 18.2 Å². The average Bonchev–Trinajstić information content (AvgIpc) is 2.41. The Morgan fingerprint density at radius 2 is 1.75 bits per heavy atom. The molecule has 0 amide bonds.